The topological polar surface area (TPSA) is 33.1 Å². The molecule has 66 valence electrons. The second-order valence-corrected chi connectivity index (χ2v) is 2.84. The zero-order valence-corrected chi connectivity index (χ0v) is 7.45. The minimum atomic E-state index is 0.183. The van der Waals surface area contributed by atoms with Gasteiger partial charge in [0.2, 0.25) is 0 Å². The maximum Gasteiger partial charge on any atom is 0.0486 e. The van der Waals surface area contributed by atoms with Gasteiger partial charge in [0.15, 0.2) is 0 Å². The lowest BCUT2D eigenvalue weighted by Gasteiger charge is -2.00. The molecule has 0 saturated carbocycles. The van der Waals surface area contributed by atoms with Crippen molar-refractivity contribution in [3.63, 3.8) is 0 Å². The molecule has 0 aliphatic heterocycles. The lowest BCUT2D eigenvalue weighted by atomic mass is 10.2. The molecule has 0 aromatic carbocycles. The molecule has 0 saturated heterocycles. The van der Waals surface area contributed by atoms with Gasteiger partial charge in [0, 0.05) is 24.4 Å². The fourth-order valence-corrected chi connectivity index (χ4v) is 1.18. The van der Waals surface area contributed by atoms with E-state index >= 15 is 0 Å². The molecule has 1 aromatic heterocycles. The molecule has 12 heavy (non-hydrogen) atoms. The van der Waals surface area contributed by atoms with Crippen LogP contribution in [-0.2, 0) is 12.8 Å². The lowest BCUT2D eigenvalue weighted by molar-refractivity contribution is 0.298. The van der Waals surface area contributed by atoms with E-state index in [2.05, 4.69) is 11.9 Å². The summed E-state index contributed by atoms with van der Waals surface area (Å²) in [5.74, 6) is 0. The molecule has 0 bridgehead atoms. The second kappa shape index (κ2) is 4.88. The van der Waals surface area contributed by atoms with Crippen molar-refractivity contribution >= 4 is 0 Å². The summed E-state index contributed by atoms with van der Waals surface area (Å²) in [6.07, 6.45) is 2.81. The summed E-state index contributed by atoms with van der Waals surface area (Å²) >= 11 is 0. The highest BCUT2D eigenvalue weighted by atomic mass is 16.3. The number of aryl methyl sites for hydroxylation is 1. The lowest BCUT2D eigenvalue weighted by Crippen LogP contribution is -1.97. The van der Waals surface area contributed by atoms with Crippen molar-refractivity contribution in [2.24, 2.45) is 0 Å². The smallest absolute Gasteiger partial charge is 0.0486 e. The largest absolute Gasteiger partial charge is 0.396 e. The number of aliphatic hydroxyl groups excluding tert-OH is 1. The number of aliphatic hydroxyl groups is 1. The Bertz CT molecular complexity index is 214. The molecule has 0 radical (unpaired) electrons. The van der Waals surface area contributed by atoms with Crippen LogP contribution >= 0.6 is 0 Å². The number of aromatic nitrogens is 1. The standard InChI is InChI=1S/C10H15NO/c1-2-4-9-5-3-6-10(11-9)7-8-12/h3,5-6,12H,2,4,7-8H2,1H3. The Hall–Kier alpha value is -0.890. The summed E-state index contributed by atoms with van der Waals surface area (Å²) in [5, 5.41) is 8.70. The molecule has 1 N–H and O–H groups in total. The van der Waals surface area contributed by atoms with E-state index in [9.17, 15) is 0 Å². The number of rotatable bonds is 4. The van der Waals surface area contributed by atoms with Gasteiger partial charge in [0.05, 0.1) is 0 Å². The number of pyridine rings is 1. The number of nitrogens with zero attached hydrogens (tertiary/aromatic N) is 1. The molecule has 0 aliphatic carbocycles. The zero-order valence-electron chi connectivity index (χ0n) is 7.45. The summed E-state index contributed by atoms with van der Waals surface area (Å²) < 4.78 is 0. The van der Waals surface area contributed by atoms with Crippen molar-refractivity contribution in [3.05, 3.63) is 29.6 Å². The van der Waals surface area contributed by atoms with Crippen molar-refractivity contribution in [2.45, 2.75) is 26.2 Å². The van der Waals surface area contributed by atoms with Crippen LogP contribution in [-0.4, -0.2) is 16.7 Å². The summed E-state index contributed by atoms with van der Waals surface area (Å²) in [4.78, 5) is 4.39. The normalized spacial score (nSPS) is 10.2. The first-order valence-electron chi connectivity index (χ1n) is 4.42. The van der Waals surface area contributed by atoms with Gasteiger partial charge < -0.3 is 5.11 Å². The zero-order chi connectivity index (χ0) is 8.81. The molecular weight excluding hydrogens is 150 g/mol. The highest BCUT2D eigenvalue weighted by Crippen LogP contribution is 2.02. The van der Waals surface area contributed by atoms with Gasteiger partial charge in [-0.25, -0.2) is 0 Å². The molecule has 0 fully saturated rings. The highest BCUT2D eigenvalue weighted by Gasteiger charge is 1.95. The number of hydrogen-bond acceptors (Lipinski definition) is 2. The first-order valence-corrected chi connectivity index (χ1v) is 4.42. The summed E-state index contributed by atoms with van der Waals surface area (Å²) in [7, 11) is 0. The van der Waals surface area contributed by atoms with Crippen LogP contribution in [0.2, 0.25) is 0 Å². The molecule has 0 unspecified atom stereocenters. The van der Waals surface area contributed by atoms with Crippen molar-refractivity contribution in [2.75, 3.05) is 6.61 Å². The minimum absolute atomic E-state index is 0.183. The Labute approximate surface area is 73.3 Å². The van der Waals surface area contributed by atoms with Gasteiger partial charge in [-0.05, 0) is 18.6 Å². The van der Waals surface area contributed by atoms with Crippen LogP contribution in [0.15, 0.2) is 18.2 Å². The van der Waals surface area contributed by atoms with Crippen LogP contribution in [0.3, 0.4) is 0 Å². The van der Waals surface area contributed by atoms with Crippen molar-refractivity contribution in [1.29, 1.82) is 0 Å². The fourth-order valence-electron chi connectivity index (χ4n) is 1.18. The van der Waals surface area contributed by atoms with E-state index in [1.165, 1.54) is 0 Å². The van der Waals surface area contributed by atoms with Gasteiger partial charge in [-0.3, -0.25) is 4.98 Å². The fraction of sp³-hybridized carbons (Fsp3) is 0.500. The summed E-state index contributed by atoms with van der Waals surface area (Å²) in [6, 6.07) is 5.99. The molecule has 1 heterocycles. The van der Waals surface area contributed by atoms with Gasteiger partial charge in [0.1, 0.15) is 0 Å². The maximum atomic E-state index is 8.70. The molecule has 2 nitrogen and oxygen atoms in total. The van der Waals surface area contributed by atoms with Gasteiger partial charge in [0.25, 0.3) is 0 Å². The van der Waals surface area contributed by atoms with Crippen molar-refractivity contribution < 1.29 is 5.11 Å². The molecular formula is C10H15NO. The predicted molar refractivity (Wildman–Crippen MR) is 49.0 cm³/mol. The third-order valence-electron chi connectivity index (χ3n) is 1.74. The quantitative estimate of drug-likeness (QED) is 0.734. The van der Waals surface area contributed by atoms with E-state index in [0.29, 0.717) is 6.42 Å². The van der Waals surface area contributed by atoms with E-state index in [-0.39, 0.29) is 6.61 Å². The first-order chi connectivity index (χ1) is 5.86. The molecule has 2 heteroatoms. The molecule has 0 atom stereocenters. The molecule has 0 spiro atoms. The van der Waals surface area contributed by atoms with Crippen LogP contribution in [0.4, 0.5) is 0 Å². The van der Waals surface area contributed by atoms with E-state index in [1.54, 1.807) is 0 Å². The van der Waals surface area contributed by atoms with Gasteiger partial charge in [-0.1, -0.05) is 19.4 Å². The second-order valence-electron chi connectivity index (χ2n) is 2.84. The Morgan fingerprint density at radius 3 is 2.50 bits per heavy atom. The Morgan fingerprint density at radius 1 is 1.25 bits per heavy atom. The van der Waals surface area contributed by atoms with Gasteiger partial charge in [-0.2, -0.15) is 0 Å². The van der Waals surface area contributed by atoms with Gasteiger partial charge in [-0.15, -0.1) is 0 Å². The number of hydrogen-bond donors (Lipinski definition) is 1. The monoisotopic (exact) mass is 165 g/mol. The van der Waals surface area contributed by atoms with Crippen LogP contribution in [0, 0.1) is 0 Å². The van der Waals surface area contributed by atoms with Crippen LogP contribution in [0.1, 0.15) is 24.7 Å². The Kier molecular flexibility index (Phi) is 3.74. The average molecular weight is 165 g/mol. The van der Waals surface area contributed by atoms with Crippen LogP contribution in [0.25, 0.3) is 0 Å². The third-order valence-corrected chi connectivity index (χ3v) is 1.74. The van der Waals surface area contributed by atoms with Crippen LogP contribution in [0.5, 0.6) is 0 Å². The Balaban J connectivity index is 2.67. The SMILES string of the molecule is CCCc1cccc(CCO)n1. The van der Waals surface area contributed by atoms with Gasteiger partial charge >= 0.3 is 0 Å². The van der Waals surface area contributed by atoms with E-state index in [0.717, 1.165) is 24.2 Å². The summed E-state index contributed by atoms with van der Waals surface area (Å²) in [6.45, 7) is 2.32. The molecule has 1 aromatic rings. The van der Waals surface area contributed by atoms with Crippen molar-refractivity contribution in [1.82, 2.24) is 4.98 Å². The highest BCUT2D eigenvalue weighted by molar-refractivity contribution is 5.11. The summed E-state index contributed by atoms with van der Waals surface area (Å²) in [5.41, 5.74) is 2.12. The minimum Gasteiger partial charge on any atom is -0.396 e. The van der Waals surface area contributed by atoms with E-state index < -0.39 is 0 Å². The average Bonchev–Trinajstić information content (AvgIpc) is 2.06. The molecule has 0 amide bonds. The Morgan fingerprint density at radius 2 is 1.92 bits per heavy atom. The first kappa shape index (κ1) is 9.20. The predicted octanol–water partition coefficient (Wildman–Crippen LogP) is 1.57. The van der Waals surface area contributed by atoms with E-state index in [4.69, 9.17) is 5.11 Å². The maximum absolute atomic E-state index is 8.70. The molecule has 1 rings (SSSR count). The third kappa shape index (κ3) is 2.62. The van der Waals surface area contributed by atoms with Crippen molar-refractivity contribution in [3.8, 4) is 0 Å². The molecule has 0 aliphatic rings. The van der Waals surface area contributed by atoms with E-state index in [1.807, 2.05) is 18.2 Å². The van der Waals surface area contributed by atoms with Crippen LogP contribution < -0.4 is 0 Å².